The van der Waals surface area contributed by atoms with Crippen LogP contribution in [0.3, 0.4) is 0 Å². The molecule has 324 valence electrons. The fraction of sp³-hybridized carbons (Fsp3) is 0.680. The van der Waals surface area contributed by atoms with Crippen LogP contribution in [-0.4, -0.2) is 54.8 Å². The van der Waals surface area contributed by atoms with Gasteiger partial charge in [-0.15, -0.1) is 0 Å². The van der Waals surface area contributed by atoms with E-state index >= 15 is 4.79 Å². The molecule has 0 aliphatic heterocycles. The summed E-state index contributed by atoms with van der Waals surface area (Å²) in [5, 5.41) is 15.7. The molecule has 9 heteroatoms. The third-order valence-corrected chi connectivity index (χ3v) is 19.6. The Hall–Kier alpha value is -3.01. The van der Waals surface area contributed by atoms with Crippen LogP contribution in [0.1, 0.15) is 126 Å². The van der Waals surface area contributed by atoms with Gasteiger partial charge in [0, 0.05) is 30.6 Å². The van der Waals surface area contributed by atoms with Crippen molar-refractivity contribution in [2.45, 2.75) is 144 Å². The summed E-state index contributed by atoms with van der Waals surface area (Å²) < 4.78 is 29.6. The Balaban J connectivity index is 1.22. The molecule has 4 N–H and O–H groups in total. The van der Waals surface area contributed by atoms with E-state index in [1.54, 1.807) is 12.1 Å². The number of rotatable bonds is 11. The number of allylic oxidation sites excluding steroid dienone is 2. The first-order chi connectivity index (χ1) is 27.6. The summed E-state index contributed by atoms with van der Waals surface area (Å²) in [5.41, 5.74) is 7.93. The Labute approximate surface area is 355 Å². The molecule has 0 spiro atoms. The maximum atomic E-state index is 15.5. The van der Waals surface area contributed by atoms with Gasteiger partial charge < -0.3 is 16.2 Å². The highest BCUT2D eigenvalue weighted by Crippen LogP contribution is 2.75. The Morgan fingerprint density at radius 2 is 1.58 bits per heavy atom. The van der Waals surface area contributed by atoms with Gasteiger partial charge in [-0.05, 0) is 139 Å². The molecule has 0 aromatic heterocycles. The minimum absolute atomic E-state index is 0.00327. The highest BCUT2D eigenvalue weighted by atomic mass is 32.2. The summed E-state index contributed by atoms with van der Waals surface area (Å²) >= 11 is 0. The summed E-state index contributed by atoms with van der Waals surface area (Å²) in [6, 6.07) is 15.4. The summed E-state index contributed by atoms with van der Waals surface area (Å²) in [6.07, 6.45) is 10.0. The van der Waals surface area contributed by atoms with Crippen molar-refractivity contribution >= 4 is 27.4 Å². The number of Topliss-reactive ketones (excluding diaryl/α,β-unsaturated/α-hetero) is 1. The van der Waals surface area contributed by atoms with Crippen molar-refractivity contribution in [2.75, 3.05) is 18.8 Å². The fourth-order valence-electron chi connectivity index (χ4n) is 13.9. The van der Waals surface area contributed by atoms with Crippen LogP contribution in [0.4, 0.5) is 5.69 Å². The van der Waals surface area contributed by atoms with Gasteiger partial charge >= 0.3 is 0 Å². The van der Waals surface area contributed by atoms with E-state index in [1.165, 1.54) is 22.0 Å². The number of nitrogens with two attached hydrogens (primary N) is 1. The highest BCUT2D eigenvalue weighted by molar-refractivity contribution is 7.89. The number of anilines is 1. The topological polar surface area (TPSA) is 130 Å². The maximum Gasteiger partial charge on any atom is 0.243 e. The number of fused-ring (bicyclic) bond motifs is 7. The molecule has 2 aromatic carbocycles. The summed E-state index contributed by atoms with van der Waals surface area (Å²) in [4.78, 5) is 28.9. The number of aliphatic hydroxyl groups excluding tert-OH is 1. The average molecular weight is 828 g/mol. The van der Waals surface area contributed by atoms with Crippen molar-refractivity contribution in [2.24, 2.45) is 62.6 Å². The van der Waals surface area contributed by atoms with Crippen molar-refractivity contribution in [1.29, 1.82) is 0 Å². The van der Waals surface area contributed by atoms with E-state index in [2.05, 4.69) is 59.9 Å². The highest BCUT2D eigenvalue weighted by Gasteiger charge is 2.69. The first-order valence-electron chi connectivity index (χ1n) is 22.7. The Bertz CT molecular complexity index is 2030. The molecule has 5 aliphatic carbocycles. The van der Waals surface area contributed by atoms with Crippen molar-refractivity contribution in [3.63, 3.8) is 0 Å². The molecule has 11 atom stereocenters. The number of nitrogen functional groups attached to an aromatic ring is 1. The molecule has 1 amide bonds. The monoisotopic (exact) mass is 828 g/mol. The fourth-order valence-corrected chi connectivity index (χ4v) is 15.6. The molecule has 2 aromatic rings. The van der Waals surface area contributed by atoms with E-state index in [9.17, 15) is 18.3 Å². The van der Waals surface area contributed by atoms with Crippen LogP contribution in [0.2, 0.25) is 0 Å². The van der Waals surface area contributed by atoms with Crippen LogP contribution in [0.5, 0.6) is 0 Å². The van der Waals surface area contributed by atoms with Crippen LogP contribution >= 0.6 is 0 Å². The van der Waals surface area contributed by atoms with E-state index in [1.807, 2.05) is 44.2 Å². The number of amides is 1. The third kappa shape index (κ3) is 7.24. The van der Waals surface area contributed by atoms with Crippen molar-refractivity contribution in [3.8, 4) is 0 Å². The minimum Gasteiger partial charge on any atom is -0.399 e. The van der Waals surface area contributed by atoms with Gasteiger partial charge in [-0.25, -0.2) is 8.42 Å². The predicted molar refractivity (Wildman–Crippen MR) is 237 cm³/mol. The molecule has 7 rings (SSSR count). The second-order valence-electron chi connectivity index (χ2n) is 21.6. The lowest BCUT2D eigenvalue weighted by atomic mass is 9.33. The molecule has 0 saturated heterocycles. The quantitative estimate of drug-likeness (QED) is 0.153. The molecule has 0 unspecified atom stereocenters. The standard InChI is InChI=1S/C50H73N3O5S/c1-32(2)30-53(59(57,58)37-17-15-36(51)16-18-37)31-40(54)39(29-35-13-11-10-12-14-35)52-45(56)50-26-21-33(3)34(4)44(50)38-19-20-42-47(7)24-23-43(55)46(5,6)41(47)22-25-49(42,9)48(38,8)27-28-50/h10-19,32-34,39-42,44,54H,20-31,51H2,1-9H3,(H,52,56)/t33-,34+,39+,40-,41+,42-,44+,47+,48-,49-,50+/m1/s1. The zero-order valence-corrected chi connectivity index (χ0v) is 38.2. The normalized spacial score (nSPS) is 36.4. The third-order valence-electron chi connectivity index (χ3n) is 17.7. The van der Waals surface area contributed by atoms with E-state index < -0.39 is 27.6 Å². The van der Waals surface area contributed by atoms with Gasteiger partial charge in [0.2, 0.25) is 15.9 Å². The number of carbonyl (C=O) groups excluding carboxylic acids is 2. The number of aliphatic hydroxyl groups is 1. The van der Waals surface area contributed by atoms with Gasteiger partial charge in [-0.2, -0.15) is 4.31 Å². The van der Waals surface area contributed by atoms with E-state index in [0.717, 1.165) is 56.9 Å². The van der Waals surface area contributed by atoms with Crippen LogP contribution < -0.4 is 11.1 Å². The molecule has 59 heavy (non-hydrogen) atoms. The Kier molecular flexibility index (Phi) is 11.7. The number of nitrogens with one attached hydrogen (secondary N) is 1. The van der Waals surface area contributed by atoms with E-state index in [-0.39, 0.29) is 57.4 Å². The lowest BCUT2D eigenvalue weighted by molar-refractivity contribution is -0.187. The molecule has 0 bridgehead atoms. The zero-order valence-electron chi connectivity index (χ0n) is 37.4. The number of hydrogen-bond acceptors (Lipinski definition) is 6. The predicted octanol–water partition coefficient (Wildman–Crippen LogP) is 9.23. The minimum atomic E-state index is -3.97. The second kappa shape index (κ2) is 15.7. The van der Waals surface area contributed by atoms with E-state index in [4.69, 9.17) is 5.73 Å². The molecule has 8 nitrogen and oxygen atoms in total. The molecule has 0 radical (unpaired) electrons. The van der Waals surface area contributed by atoms with Crippen LogP contribution in [0.15, 0.2) is 71.1 Å². The molecular weight excluding hydrogens is 755 g/mol. The van der Waals surface area contributed by atoms with Gasteiger partial charge in [0.05, 0.1) is 22.5 Å². The van der Waals surface area contributed by atoms with Gasteiger partial charge in [-0.3, -0.25) is 9.59 Å². The molecule has 4 saturated carbocycles. The second-order valence-corrected chi connectivity index (χ2v) is 23.5. The van der Waals surface area contributed by atoms with Crippen LogP contribution in [0.25, 0.3) is 0 Å². The van der Waals surface area contributed by atoms with Crippen LogP contribution in [-0.2, 0) is 26.0 Å². The molecule has 4 fully saturated rings. The summed E-state index contributed by atoms with van der Waals surface area (Å²) in [5.74, 6) is 2.09. The SMILES string of the molecule is CC(C)CN(C[C@@H](O)[C@H](Cc1ccccc1)NC(=O)[C@]12CC[C@@H](C)[C@H](C)[C@H]1C1=CC[C@@H]3[C@@]4(C)CCC(=O)C(C)(C)[C@@H]4CC[C@@]3(C)[C@]1(C)CC2)S(=O)(=O)c1ccc(N)cc1. The number of sulfonamides is 1. The van der Waals surface area contributed by atoms with Gasteiger partial charge in [0.1, 0.15) is 5.78 Å². The largest absolute Gasteiger partial charge is 0.399 e. The van der Waals surface area contributed by atoms with Gasteiger partial charge in [0.15, 0.2) is 0 Å². The van der Waals surface area contributed by atoms with Crippen molar-refractivity contribution in [1.82, 2.24) is 9.62 Å². The lowest BCUT2D eigenvalue weighted by Gasteiger charge is -2.71. The molecule has 5 aliphatic rings. The number of benzene rings is 2. The summed E-state index contributed by atoms with van der Waals surface area (Å²) in [7, 11) is -3.97. The number of ketones is 1. The number of nitrogens with zero attached hydrogens (tertiary/aromatic N) is 1. The smallest absolute Gasteiger partial charge is 0.243 e. The zero-order chi connectivity index (χ0) is 42.9. The number of hydrogen-bond donors (Lipinski definition) is 3. The maximum absolute atomic E-state index is 15.5. The average Bonchev–Trinajstić information content (AvgIpc) is 3.18. The van der Waals surface area contributed by atoms with Gasteiger partial charge in [0.25, 0.3) is 0 Å². The molecule has 0 heterocycles. The summed E-state index contributed by atoms with van der Waals surface area (Å²) in [6.45, 7) is 20.7. The van der Waals surface area contributed by atoms with Gasteiger partial charge in [-0.1, -0.05) is 104 Å². The first kappa shape index (κ1) is 44.1. The first-order valence-corrected chi connectivity index (χ1v) is 24.2. The number of carbonyl (C=O) groups is 2. The van der Waals surface area contributed by atoms with Crippen molar-refractivity contribution in [3.05, 3.63) is 71.8 Å². The van der Waals surface area contributed by atoms with E-state index in [0.29, 0.717) is 48.0 Å². The Morgan fingerprint density at radius 3 is 2.24 bits per heavy atom. The molecular formula is C50H73N3O5S. The lowest BCUT2D eigenvalue weighted by Crippen LogP contribution is -2.66. The van der Waals surface area contributed by atoms with Crippen LogP contribution in [0, 0.1) is 62.6 Å². The Morgan fingerprint density at radius 1 is 0.898 bits per heavy atom. The van der Waals surface area contributed by atoms with Crippen molar-refractivity contribution < 1.29 is 23.1 Å².